The number of imidazole rings is 1. The van der Waals surface area contributed by atoms with Crippen LogP contribution in [-0.2, 0) is 21.1 Å². The molecular weight excluding hydrogens is 268 g/mol. The Balaban J connectivity index is 2.12. The van der Waals surface area contributed by atoms with Crippen LogP contribution in [0.3, 0.4) is 0 Å². The number of aryl methyl sites for hydroxylation is 2. The Morgan fingerprint density at radius 1 is 1.42 bits per heavy atom. The number of aromatic nitrogens is 2. The van der Waals surface area contributed by atoms with Crippen LogP contribution in [0.15, 0.2) is 18.2 Å². The molecule has 0 atom stereocenters. The number of benzene rings is 1. The maximum absolute atomic E-state index is 11.5. The summed E-state index contributed by atoms with van der Waals surface area (Å²) >= 11 is 0. The number of hydrogen-bond donors (Lipinski definition) is 2. The first kappa shape index (κ1) is 13.5. The fourth-order valence-electron chi connectivity index (χ4n) is 1.81. The number of aliphatic carboxylic acids is 1. The lowest BCUT2D eigenvalue weighted by Gasteiger charge is -1.98. The molecule has 2 aromatic rings. The molecule has 0 aliphatic rings. The first-order valence-electron chi connectivity index (χ1n) is 5.73. The Labute approximate surface area is 110 Å². The fourth-order valence-corrected chi connectivity index (χ4v) is 2.83. The van der Waals surface area contributed by atoms with E-state index in [1.54, 1.807) is 0 Å². The zero-order valence-corrected chi connectivity index (χ0v) is 11.2. The number of carbonyl (C=O) groups is 1. The van der Waals surface area contributed by atoms with E-state index in [1.807, 2.05) is 25.1 Å². The summed E-state index contributed by atoms with van der Waals surface area (Å²) in [6.45, 7) is 1.96. The third-order valence-corrected chi connectivity index (χ3v) is 4.19. The number of carboxylic acids is 1. The number of fused-ring (bicyclic) bond motifs is 1. The van der Waals surface area contributed by atoms with Gasteiger partial charge in [-0.2, -0.15) is 0 Å². The number of H-pyrrole nitrogens is 1. The summed E-state index contributed by atoms with van der Waals surface area (Å²) in [6.07, 6.45) is 0.184. The highest BCUT2D eigenvalue weighted by Gasteiger charge is 2.16. The number of sulfone groups is 1. The molecule has 2 rings (SSSR count). The quantitative estimate of drug-likeness (QED) is 0.849. The van der Waals surface area contributed by atoms with Gasteiger partial charge in [-0.15, -0.1) is 0 Å². The molecule has 0 fully saturated rings. The van der Waals surface area contributed by atoms with Crippen LogP contribution in [-0.4, -0.2) is 41.0 Å². The number of aromatic amines is 1. The molecule has 19 heavy (non-hydrogen) atoms. The normalized spacial score (nSPS) is 11.8. The van der Waals surface area contributed by atoms with E-state index < -0.39 is 21.6 Å². The molecule has 0 unspecified atom stereocenters. The number of nitrogens with one attached hydrogen (secondary N) is 1. The second-order valence-corrected chi connectivity index (χ2v) is 6.62. The van der Waals surface area contributed by atoms with Gasteiger partial charge in [-0.1, -0.05) is 6.07 Å². The third-order valence-electron chi connectivity index (χ3n) is 2.68. The van der Waals surface area contributed by atoms with Crippen LogP contribution >= 0.6 is 0 Å². The smallest absolute Gasteiger partial charge is 0.318 e. The summed E-state index contributed by atoms with van der Waals surface area (Å²) < 4.78 is 22.9. The molecule has 0 bridgehead atoms. The molecule has 0 amide bonds. The highest BCUT2D eigenvalue weighted by Crippen LogP contribution is 2.13. The summed E-state index contributed by atoms with van der Waals surface area (Å²) in [7, 11) is -3.58. The Kier molecular flexibility index (Phi) is 3.57. The van der Waals surface area contributed by atoms with Crippen LogP contribution < -0.4 is 0 Å². The summed E-state index contributed by atoms with van der Waals surface area (Å²) in [5.41, 5.74) is 2.71. The molecule has 0 saturated heterocycles. The lowest BCUT2D eigenvalue weighted by Crippen LogP contribution is -2.19. The van der Waals surface area contributed by atoms with Crippen molar-refractivity contribution in [1.29, 1.82) is 0 Å². The minimum absolute atomic E-state index is 0.184. The molecular formula is C12H14N2O4S. The Bertz CT molecular complexity index is 718. The number of nitrogens with zero attached hydrogens (tertiary/aromatic N) is 1. The van der Waals surface area contributed by atoms with Crippen LogP contribution in [0, 0.1) is 6.92 Å². The number of rotatable bonds is 5. The highest BCUT2D eigenvalue weighted by molar-refractivity contribution is 7.92. The second-order valence-electron chi connectivity index (χ2n) is 4.44. The summed E-state index contributed by atoms with van der Waals surface area (Å²) in [6, 6.07) is 5.71. The van der Waals surface area contributed by atoms with Crippen molar-refractivity contribution in [2.45, 2.75) is 13.3 Å². The maximum Gasteiger partial charge on any atom is 0.318 e. The van der Waals surface area contributed by atoms with Crippen LogP contribution in [0.4, 0.5) is 0 Å². The van der Waals surface area contributed by atoms with Gasteiger partial charge in [0, 0.05) is 6.42 Å². The van der Waals surface area contributed by atoms with Crippen LogP contribution in [0.25, 0.3) is 11.0 Å². The van der Waals surface area contributed by atoms with E-state index in [2.05, 4.69) is 9.97 Å². The van der Waals surface area contributed by atoms with Crippen LogP contribution in [0.5, 0.6) is 0 Å². The van der Waals surface area contributed by atoms with Crippen LogP contribution in [0.2, 0.25) is 0 Å². The summed E-state index contributed by atoms with van der Waals surface area (Å²) in [5, 5.41) is 8.49. The fraction of sp³-hybridized carbons (Fsp3) is 0.333. The van der Waals surface area contributed by atoms with Crippen molar-refractivity contribution in [1.82, 2.24) is 9.97 Å². The van der Waals surface area contributed by atoms with Gasteiger partial charge in [0.1, 0.15) is 11.6 Å². The van der Waals surface area contributed by atoms with E-state index in [-0.39, 0.29) is 12.2 Å². The Hall–Kier alpha value is -1.89. The predicted molar refractivity (Wildman–Crippen MR) is 70.8 cm³/mol. The maximum atomic E-state index is 11.5. The van der Waals surface area contributed by atoms with Crippen molar-refractivity contribution in [2.24, 2.45) is 0 Å². The van der Waals surface area contributed by atoms with Gasteiger partial charge < -0.3 is 10.1 Å². The largest absolute Gasteiger partial charge is 0.480 e. The lowest BCUT2D eigenvalue weighted by molar-refractivity contribution is -0.134. The minimum atomic E-state index is -3.58. The van der Waals surface area contributed by atoms with Gasteiger partial charge in [-0.3, -0.25) is 4.79 Å². The monoisotopic (exact) mass is 282 g/mol. The van der Waals surface area contributed by atoms with Crippen molar-refractivity contribution in [3.05, 3.63) is 29.6 Å². The highest BCUT2D eigenvalue weighted by atomic mass is 32.2. The van der Waals surface area contributed by atoms with Gasteiger partial charge in [0.25, 0.3) is 0 Å². The minimum Gasteiger partial charge on any atom is -0.480 e. The molecule has 0 aliphatic carbocycles. The molecule has 1 aromatic heterocycles. The molecule has 0 radical (unpaired) electrons. The third kappa shape index (κ3) is 3.54. The van der Waals surface area contributed by atoms with Gasteiger partial charge in [-0.25, -0.2) is 13.4 Å². The van der Waals surface area contributed by atoms with Gasteiger partial charge in [-0.05, 0) is 24.6 Å². The molecule has 102 valence electrons. The van der Waals surface area contributed by atoms with E-state index in [0.717, 1.165) is 16.6 Å². The Morgan fingerprint density at radius 2 is 2.16 bits per heavy atom. The number of carboxylic acid groups (broad SMARTS) is 1. The van der Waals surface area contributed by atoms with Crippen molar-refractivity contribution < 1.29 is 18.3 Å². The predicted octanol–water partition coefficient (Wildman–Crippen LogP) is 0.913. The van der Waals surface area contributed by atoms with Gasteiger partial charge >= 0.3 is 5.97 Å². The van der Waals surface area contributed by atoms with E-state index in [0.29, 0.717) is 5.82 Å². The molecule has 0 spiro atoms. The van der Waals surface area contributed by atoms with Crippen molar-refractivity contribution in [3.8, 4) is 0 Å². The average molecular weight is 282 g/mol. The molecule has 2 N–H and O–H groups in total. The van der Waals surface area contributed by atoms with Gasteiger partial charge in [0.05, 0.1) is 16.8 Å². The second kappa shape index (κ2) is 5.00. The average Bonchev–Trinajstić information content (AvgIpc) is 2.66. The lowest BCUT2D eigenvalue weighted by atomic mass is 10.2. The topological polar surface area (TPSA) is 100 Å². The Morgan fingerprint density at radius 3 is 2.84 bits per heavy atom. The molecule has 7 heteroatoms. The molecule has 1 heterocycles. The van der Waals surface area contributed by atoms with E-state index in [4.69, 9.17) is 5.11 Å². The summed E-state index contributed by atoms with van der Waals surface area (Å²) in [5.74, 6) is -1.85. The van der Waals surface area contributed by atoms with Gasteiger partial charge in [0.2, 0.25) is 0 Å². The first-order chi connectivity index (χ1) is 8.85. The van der Waals surface area contributed by atoms with E-state index >= 15 is 0 Å². The van der Waals surface area contributed by atoms with Crippen molar-refractivity contribution >= 4 is 26.8 Å². The molecule has 0 saturated carbocycles. The molecule has 6 nitrogen and oxygen atoms in total. The van der Waals surface area contributed by atoms with Crippen molar-refractivity contribution in [3.63, 3.8) is 0 Å². The zero-order chi connectivity index (χ0) is 14.0. The van der Waals surface area contributed by atoms with Crippen molar-refractivity contribution in [2.75, 3.05) is 11.5 Å². The van der Waals surface area contributed by atoms with Gasteiger partial charge in [0.15, 0.2) is 9.84 Å². The van der Waals surface area contributed by atoms with E-state index in [9.17, 15) is 13.2 Å². The standard InChI is InChI=1S/C12H14N2O4S/c1-8-2-3-9-10(6-8)14-11(13-9)4-5-19(17,18)7-12(15)16/h2-3,6H,4-5,7H2,1H3,(H,13,14)(H,15,16). The molecule has 0 aliphatic heterocycles. The first-order valence-corrected chi connectivity index (χ1v) is 7.55. The molecule has 1 aromatic carbocycles. The van der Waals surface area contributed by atoms with Crippen LogP contribution in [0.1, 0.15) is 11.4 Å². The zero-order valence-electron chi connectivity index (χ0n) is 10.4. The number of hydrogen-bond acceptors (Lipinski definition) is 4. The summed E-state index contributed by atoms with van der Waals surface area (Å²) in [4.78, 5) is 17.7. The van der Waals surface area contributed by atoms with E-state index in [1.165, 1.54) is 0 Å². The SMILES string of the molecule is Cc1ccc2nc(CCS(=O)(=O)CC(=O)O)[nH]c2c1.